The summed E-state index contributed by atoms with van der Waals surface area (Å²) in [5, 5.41) is 19.7. The van der Waals surface area contributed by atoms with Crippen LogP contribution in [0.15, 0.2) is 33.7 Å². The molecule has 15 nitrogen and oxygen atoms in total. The van der Waals surface area contributed by atoms with Gasteiger partial charge in [-0.3, -0.25) is 9.59 Å². The van der Waals surface area contributed by atoms with Crippen LogP contribution in [0.2, 0.25) is 0 Å². The number of hydrogen-bond acceptors (Lipinski definition) is 15. The van der Waals surface area contributed by atoms with Gasteiger partial charge in [-0.2, -0.15) is 0 Å². The highest BCUT2D eigenvalue weighted by molar-refractivity contribution is 7.13. The number of pyridine rings is 1. The molecule has 0 saturated carbocycles. The van der Waals surface area contributed by atoms with Crippen molar-refractivity contribution in [2.45, 2.75) is 161 Å². The number of halogens is 1. The molecule has 0 aliphatic carbocycles. The first-order valence-corrected chi connectivity index (χ1v) is 22.7. The minimum Gasteiger partial charge on any atom is -0.457 e. The van der Waals surface area contributed by atoms with E-state index in [2.05, 4.69) is 25.0 Å². The first kappa shape index (κ1) is 49.3. The third-order valence-electron chi connectivity index (χ3n) is 12.9. The molecule has 62 heavy (non-hydrogen) atoms. The number of anilines is 1. The number of carbonyl (C=O) groups excluding carboxylic acids is 3. The molecule has 344 valence electrons. The van der Waals surface area contributed by atoms with Crippen molar-refractivity contribution in [2.24, 2.45) is 33.8 Å². The number of amides is 1. The van der Waals surface area contributed by atoms with Crippen LogP contribution in [0.4, 0.5) is 10.2 Å². The summed E-state index contributed by atoms with van der Waals surface area (Å²) in [5.41, 5.74) is 1.81. The Bertz CT molecular complexity index is 1960. The molecule has 5 rings (SSSR count). The summed E-state index contributed by atoms with van der Waals surface area (Å²) in [6.07, 6.45) is -1.40. The number of aromatic nitrogens is 2. The second-order valence-corrected chi connectivity index (χ2v) is 19.0. The molecule has 3 fully saturated rings. The standard InChI is InChI=1S/C45H67FN6O9S/c1-12-34-45(9,56)32-18-17-29(51-58-23-30-24-62-41(48-30)33-15-14-16-35(47)49-33)22-57-43(7,21-25(3)38(27(32)5)50-36(53)13-2)40(28(6)39(54)44(8,46)42(55)60-34)61-37-20-31(52(10)11)19-26(4)59-37/h14-16,24-28,31-32,34,37,40,56H,12-13,17-23H2,1-11H3,(H2,47,49)/b50-38+,51-29+/t25-,26-,27-,28+,31+,32-,34-,37+,40-,43-,44+,45+/m1/s1. The molecule has 0 unspecified atom stereocenters. The van der Waals surface area contributed by atoms with Crippen LogP contribution >= 0.6 is 11.3 Å². The van der Waals surface area contributed by atoms with Gasteiger partial charge < -0.3 is 39.5 Å². The number of nitrogens with zero attached hydrogens (tertiary/aromatic N) is 5. The van der Waals surface area contributed by atoms with E-state index in [0.717, 1.165) is 13.3 Å². The molecule has 2 aromatic rings. The average Bonchev–Trinajstić information content (AvgIpc) is 3.69. The Morgan fingerprint density at radius 3 is 2.48 bits per heavy atom. The molecule has 3 aliphatic rings. The van der Waals surface area contributed by atoms with Gasteiger partial charge in [0, 0.05) is 41.8 Å². The Kier molecular flexibility index (Phi) is 16.2. The minimum absolute atomic E-state index is 0.0224. The van der Waals surface area contributed by atoms with Crippen molar-refractivity contribution < 1.29 is 47.7 Å². The minimum atomic E-state index is -3.12. The number of nitrogens with two attached hydrogens (primary N) is 1. The lowest BCUT2D eigenvalue weighted by Gasteiger charge is -2.47. The number of fused-ring (bicyclic) bond motifs is 5. The van der Waals surface area contributed by atoms with Crippen molar-refractivity contribution >= 4 is 46.2 Å². The summed E-state index contributed by atoms with van der Waals surface area (Å²) in [7, 11) is 3.95. The van der Waals surface area contributed by atoms with Gasteiger partial charge in [-0.25, -0.2) is 24.1 Å². The maximum atomic E-state index is 17.0. The second kappa shape index (κ2) is 20.4. The predicted molar refractivity (Wildman–Crippen MR) is 235 cm³/mol. The number of alkyl halides is 1. The number of esters is 1. The van der Waals surface area contributed by atoms with Crippen LogP contribution in [0.25, 0.3) is 10.7 Å². The lowest BCUT2D eigenvalue weighted by molar-refractivity contribution is -0.264. The number of cyclic esters (lactones) is 1. The molecule has 2 bridgehead atoms. The Morgan fingerprint density at radius 1 is 1.10 bits per heavy atom. The Labute approximate surface area is 369 Å². The van der Waals surface area contributed by atoms with Gasteiger partial charge in [-0.15, -0.1) is 11.3 Å². The van der Waals surface area contributed by atoms with E-state index in [0.29, 0.717) is 40.1 Å². The summed E-state index contributed by atoms with van der Waals surface area (Å²) in [4.78, 5) is 63.4. The van der Waals surface area contributed by atoms with E-state index < -0.39 is 70.8 Å². The number of thiazole rings is 1. The number of oxime groups is 1. The third kappa shape index (κ3) is 11.3. The van der Waals surface area contributed by atoms with Crippen LogP contribution in [-0.2, 0) is 44.8 Å². The van der Waals surface area contributed by atoms with Gasteiger partial charge in [0.2, 0.25) is 5.91 Å². The summed E-state index contributed by atoms with van der Waals surface area (Å²) in [6.45, 7) is 14.9. The zero-order valence-electron chi connectivity index (χ0n) is 38.2. The molecule has 0 spiro atoms. The molecule has 3 N–H and O–H groups in total. The molecule has 3 saturated heterocycles. The molecule has 0 aromatic carbocycles. The van der Waals surface area contributed by atoms with Crippen molar-refractivity contribution in [3.05, 3.63) is 29.3 Å². The van der Waals surface area contributed by atoms with E-state index in [1.54, 1.807) is 33.8 Å². The van der Waals surface area contributed by atoms with Gasteiger partial charge in [0.1, 0.15) is 28.2 Å². The maximum Gasteiger partial charge on any atom is 0.351 e. The zero-order chi connectivity index (χ0) is 45.7. The smallest absolute Gasteiger partial charge is 0.351 e. The van der Waals surface area contributed by atoms with Gasteiger partial charge >= 0.3 is 5.97 Å². The molecule has 3 aliphatic heterocycles. The van der Waals surface area contributed by atoms with E-state index in [-0.39, 0.29) is 63.4 Å². The van der Waals surface area contributed by atoms with Crippen LogP contribution in [-0.4, -0.2) is 117 Å². The molecule has 12 atom stereocenters. The van der Waals surface area contributed by atoms with Gasteiger partial charge in [-0.05, 0) is 97.9 Å². The summed E-state index contributed by atoms with van der Waals surface area (Å²) in [6, 6.07) is 5.41. The number of ether oxygens (including phenoxy) is 4. The third-order valence-corrected chi connectivity index (χ3v) is 13.8. The number of Topliss-reactive ketones (excluding diaryl/α,β-unsaturated/α-hetero) is 1. The quantitative estimate of drug-likeness (QED) is 0.153. The Balaban J connectivity index is 1.65. The Morgan fingerprint density at radius 2 is 1.82 bits per heavy atom. The number of carbonyl (C=O) groups is 3. The maximum absolute atomic E-state index is 17.0. The predicted octanol–water partition coefficient (Wildman–Crippen LogP) is 6.75. The summed E-state index contributed by atoms with van der Waals surface area (Å²) < 4.78 is 42.9. The number of nitrogen functional groups attached to an aromatic ring is 1. The molecular weight excluding hydrogens is 820 g/mol. The molecule has 17 heteroatoms. The van der Waals surface area contributed by atoms with Crippen LogP contribution in [0, 0.1) is 23.7 Å². The number of hydrogen-bond donors (Lipinski definition) is 2. The van der Waals surface area contributed by atoms with Crippen molar-refractivity contribution in [1.29, 1.82) is 0 Å². The average molecular weight is 887 g/mol. The van der Waals surface area contributed by atoms with Crippen LogP contribution in [0.3, 0.4) is 0 Å². The largest absolute Gasteiger partial charge is 0.457 e. The van der Waals surface area contributed by atoms with E-state index in [9.17, 15) is 19.5 Å². The number of aliphatic imine (C=N–C) groups is 1. The first-order valence-electron chi connectivity index (χ1n) is 21.8. The number of aliphatic hydroxyl groups is 1. The zero-order valence-corrected chi connectivity index (χ0v) is 39.0. The van der Waals surface area contributed by atoms with Crippen LogP contribution in [0.1, 0.15) is 113 Å². The monoisotopic (exact) mass is 886 g/mol. The lowest BCUT2D eigenvalue weighted by atomic mass is 9.68. The molecule has 0 radical (unpaired) electrons. The molecule has 5 heterocycles. The van der Waals surface area contributed by atoms with E-state index in [4.69, 9.17) is 29.5 Å². The van der Waals surface area contributed by atoms with Crippen LogP contribution < -0.4 is 5.73 Å². The SMILES string of the molecule is CCC(=O)/N=C1\[C@H](C)C[C@@]2(C)OC/C(=N/OCc3csc(-c4cccc(N)n4)n3)CC[C@H]([C@H]1C)[C@](C)(O)[C@@H](CC)OC(=O)[C@@](C)(F)C(=O)[C@H](C)[C@H]2O[C@H]1C[C@@H](N(C)C)C[C@@H](C)O1. The Hall–Kier alpha value is -3.74. The van der Waals surface area contributed by atoms with Crippen molar-refractivity contribution in [2.75, 3.05) is 26.4 Å². The van der Waals surface area contributed by atoms with Crippen LogP contribution in [0.5, 0.6) is 0 Å². The second-order valence-electron chi connectivity index (χ2n) is 18.2. The van der Waals surface area contributed by atoms with Crippen molar-refractivity contribution in [1.82, 2.24) is 14.9 Å². The fraction of sp³-hybridized carbons (Fsp3) is 0.711. The molecular formula is C45H67FN6O9S. The van der Waals surface area contributed by atoms with Gasteiger partial charge in [-0.1, -0.05) is 45.8 Å². The van der Waals surface area contributed by atoms with Gasteiger partial charge in [0.25, 0.3) is 5.67 Å². The number of rotatable bonds is 9. The highest BCUT2D eigenvalue weighted by Crippen LogP contribution is 2.43. The molecule has 2 aromatic heterocycles. The molecule has 1 amide bonds. The topological polar surface area (TPSA) is 197 Å². The van der Waals surface area contributed by atoms with Crippen molar-refractivity contribution in [3.8, 4) is 10.7 Å². The highest BCUT2D eigenvalue weighted by atomic mass is 32.1. The summed E-state index contributed by atoms with van der Waals surface area (Å²) in [5.74, 6) is -5.51. The number of ketones is 1. The van der Waals surface area contributed by atoms with E-state index in [1.807, 2.05) is 52.4 Å². The van der Waals surface area contributed by atoms with Crippen molar-refractivity contribution in [3.63, 3.8) is 0 Å². The van der Waals surface area contributed by atoms with Gasteiger partial charge in [0.15, 0.2) is 18.7 Å². The fourth-order valence-electron chi connectivity index (χ4n) is 9.37. The lowest BCUT2D eigenvalue weighted by Crippen LogP contribution is -2.59. The van der Waals surface area contributed by atoms with E-state index >= 15 is 4.39 Å². The highest BCUT2D eigenvalue weighted by Gasteiger charge is 2.56. The van der Waals surface area contributed by atoms with Gasteiger partial charge in [0.05, 0.1) is 35.8 Å². The summed E-state index contributed by atoms with van der Waals surface area (Å²) >= 11 is 1.39. The fourth-order valence-corrected chi connectivity index (χ4v) is 10.1. The van der Waals surface area contributed by atoms with E-state index in [1.165, 1.54) is 18.3 Å². The normalized spacial score (nSPS) is 36.8. The first-order chi connectivity index (χ1) is 29.1.